The molecule has 0 aliphatic carbocycles. The minimum Gasteiger partial charge on any atom is -0.327 e. The van der Waals surface area contributed by atoms with E-state index in [1.165, 1.54) is 40.5 Å². The van der Waals surface area contributed by atoms with Gasteiger partial charge < -0.3 is 10.2 Å². The highest BCUT2D eigenvalue weighted by molar-refractivity contribution is 7.15. The zero-order valence-electron chi connectivity index (χ0n) is 14.8. The highest BCUT2D eigenvalue weighted by atomic mass is 32.1. The molecule has 9 heteroatoms. The van der Waals surface area contributed by atoms with E-state index in [1.807, 2.05) is 20.8 Å². The number of amides is 2. The molecule has 2 rings (SSSR count). The summed E-state index contributed by atoms with van der Waals surface area (Å²) >= 11 is 1.35. The number of rotatable bonds is 7. The highest BCUT2D eigenvalue weighted by Gasteiger charge is 2.24. The van der Waals surface area contributed by atoms with E-state index >= 15 is 0 Å². The quantitative estimate of drug-likeness (QED) is 0.590. The number of benzene rings is 1. The fraction of sp³-hybridized carbons (Fsp3) is 0.353. The minimum atomic E-state index is -0.554. The molecule has 1 N–H and O–H groups in total. The largest absolute Gasteiger partial charge is 0.327 e. The van der Waals surface area contributed by atoms with Gasteiger partial charge in [0.15, 0.2) is 5.13 Å². The fourth-order valence-corrected chi connectivity index (χ4v) is 2.97. The molecule has 1 aromatic carbocycles. The van der Waals surface area contributed by atoms with Gasteiger partial charge in [-0.3, -0.25) is 19.7 Å². The molecule has 0 unspecified atom stereocenters. The van der Waals surface area contributed by atoms with Crippen LogP contribution in [0.2, 0.25) is 0 Å². The van der Waals surface area contributed by atoms with Gasteiger partial charge in [-0.1, -0.05) is 13.0 Å². The van der Waals surface area contributed by atoms with Crippen molar-refractivity contribution in [1.82, 2.24) is 9.88 Å². The van der Waals surface area contributed by atoms with Gasteiger partial charge in [-0.2, -0.15) is 0 Å². The number of anilines is 1. The lowest BCUT2D eigenvalue weighted by molar-refractivity contribution is -0.384. The average Bonchev–Trinajstić information content (AvgIpc) is 3.03. The van der Waals surface area contributed by atoms with Crippen molar-refractivity contribution in [3.8, 4) is 0 Å². The smallest absolute Gasteiger partial charge is 0.270 e. The summed E-state index contributed by atoms with van der Waals surface area (Å²) in [4.78, 5) is 42.0. The van der Waals surface area contributed by atoms with Crippen LogP contribution in [0.4, 0.5) is 10.8 Å². The number of hydrogen-bond donors (Lipinski definition) is 1. The number of aryl methyl sites for hydroxylation is 1. The van der Waals surface area contributed by atoms with Crippen LogP contribution >= 0.6 is 11.3 Å². The Bertz CT molecular complexity index is 821. The zero-order valence-corrected chi connectivity index (χ0v) is 15.6. The van der Waals surface area contributed by atoms with Crippen LogP contribution in [0.1, 0.15) is 35.5 Å². The van der Waals surface area contributed by atoms with E-state index in [1.54, 1.807) is 6.20 Å². The molecule has 0 spiro atoms. The van der Waals surface area contributed by atoms with E-state index in [4.69, 9.17) is 0 Å². The molecule has 1 heterocycles. The van der Waals surface area contributed by atoms with E-state index < -0.39 is 10.8 Å². The maximum atomic E-state index is 12.8. The summed E-state index contributed by atoms with van der Waals surface area (Å²) in [6.07, 6.45) is 2.30. The normalized spacial score (nSPS) is 11.7. The van der Waals surface area contributed by atoms with Crippen LogP contribution in [0.15, 0.2) is 30.5 Å². The second-order valence-electron chi connectivity index (χ2n) is 5.82. The second-order valence-corrected chi connectivity index (χ2v) is 7.06. The average molecular weight is 376 g/mol. The standard InChI is InChI=1S/C17H20N4O4S/c1-4-11(2)20(10-15(22)19-17-18-9-12(3)26-17)16(23)13-6-5-7-14(8-13)21(24)25/h5-9,11H,4,10H2,1-3H3,(H,18,19,22)/t11-/m0/s1. The number of carbonyl (C=O) groups is 2. The molecular formula is C17H20N4O4S. The molecule has 0 fully saturated rings. The van der Waals surface area contributed by atoms with Gasteiger partial charge in [0, 0.05) is 34.8 Å². The molecule has 2 aromatic rings. The zero-order chi connectivity index (χ0) is 19.3. The van der Waals surface area contributed by atoms with Crippen molar-refractivity contribution in [3.63, 3.8) is 0 Å². The summed E-state index contributed by atoms with van der Waals surface area (Å²) in [5, 5.41) is 14.1. The molecule has 0 saturated carbocycles. The van der Waals surface area contributed by atoms with Gasteiger partial charge in [-0.05, 0) is 26.3 Å². The van der Waals surface area contributed by atoms with Crippen molar-refractivity contribution < 1.29 is 14.5 Å². The number of nitrogens with one attached hydrogen (secondary N) is 1. The molecule has 1 atom stereocenters. The Balaban J connectivity index is 2.18. The first-order valence-electron chi connectivity index (χ1n) is 8.09. The number of nitrogens with zero attached hydrogens (tertiary/aromatic N) is 3. The first kappa shape index (κ1) is 19.5. The molecule has 0 saturated heterocycles. The highest BCUT2D eigenvalue weighted by Crippen LogP contribution is 2.19. The minimum absolute atomic E-state index is 0.158. The van der Waals surface area contributed by atoms with Gasteiger partial charge in [0.1, 0.15) is 6.54 Å². The van der Waals surface area contributed by atoms with Crippen molar-refractivity contribution in [2.24, 2.45) is 0 Å². The summed E-state index contributed by atoms with van der Waals surface area (Å²) in [7, 11) is 0. The Morgan fingerprint density at radius 1 is 1.42 bits per heavy atom. The number of nitro groups is 1. The Kier molecular flexibility index (Phi) is 6.40. The topological polar surface area (TPSA) is 105 Å². The van der Waals surface area contributed by atoms with Gasteiger partial charge in [-0.15, -0.1) is 11.3 Å². The summed E-state index contributed by atoms with van der Waals surface area (Å²) in [5.74, 6) is -0.785. The summed E-state index contributed by atoms with van der Waals surface area (Å²) in [6, 6.07) is 5.30. The van der Waals surface area contributed by atoms with Crippen LogP contribution in [0, 0.1) is 17.0 Å². The van der Waals surface area contributed by atoms with Crippen LogP contribution in [0.5, 0.6) is 0 Å². The van der Waals surface area contributed by atoms with Gasteiger partial charge in [0.05, 0.1) is 4.92 Å². The predicted octanol–water partition coefficient (Wildman–Crippen LogP) is 3.24. The predicted molar refractivity (Wildman–Crippen MR) is 99.4 cm³/mol. The molecule has 0 aliphatic rings. The fourth-order valence-electron chi connectivity index (χ4n) is 2.29. The van der Waals surface area contributed by atoms with E-state index in [-0.39, 0.29) is 29.7 Å². The second kappa shape index (κ2) is 8.52. The monoisotopic (exact) mass is 376 g/mol. The Hall–Kier alpha value is -2.81. The van der Waals surface area contributed by atoms with Gasteiger partial charge in [0.25, 0.3) is 11.6 Å². The van der Waals surface area contributed by atoms with Crippen LogP contribution in [-0.4, -0.2) is 39.2 Å². The Morgan fingerprint density at radius 3 is 2.73 bits per heavy atom. The van der Waals surface area contributed by atoms with Crippen molar-refractivity contribution >= 4 is 34.0 Å². The number of hydrogen-bond acceptors (Lipinski definition) is 6. The molecule has 1 aromatic heterocycles. The lowest BCUT2D eigenvalue weighted by Crippen LogP contribution is -2.43. The maximum absolute atomic E-state index is 12.8. The number of non-ortho nitro benzene ring substituents is 1. The number of thiazole rings is 1. The van der Waals surface area contributed by atoms with E-state index in [0.29, 0.717) is 11.6 Å². The summed E-state index contributed by atoms with van der Waals surface area (Å²) in [5.41, 5.74) is 0.0139. The number of carbonyl (C=O) groups excluding carboxylic acids is 2. The summed E-state index contributed by atoms with van der Waals surface area (Å²) in [6.45, 7) is 5.45. The molecule has 0 radical (unpaired) electrons. The van der Waals surface area contributed by atoms with E-state index in [2.05, 4.69) is 10.3 Å². The summed E-state index contributed by atoms with van der Waals surface area (Å²) < 4.78 is 0. The number of aromatic nitrogens is 1. The van der Waals surface area contributed by atoms with E-state index in [0.717, 1.165) is 4.88 Å². The van der Waals surface area contributed by atoms with Crippen molar-refractivity contribution in [3.05, 3.63) is 51.0 Å². The molecule has 2 amide bonds. The molecular weight excluding hydrogens is 356 g/mol. The lowest BCUT2D eigenvalue weighted by atomic mass is 10.1. The van der Waals surface area contributed by atoms with Crippen LogP contribution in [0.25, 0.3) is 0 Å². The van der Waals surface area contributed by atoms with Gasteiger partial charge in [0.2, 0.25) is 5.91 Å². The first-order valence-corrected chi connectivity index (χ1v) is 8.91. The van der Waals surface area contributed by atoms with Crippen LogP contribution < -0.4 is 5.32 Å². The van der Waals surface area contributed by atoms with E-state index in [9.17, 15) is 19.7 Å². The lowest BCUT2D eigenvalue weighted by Gasteiger charge is -2.28. The van der Waals surface area contributed by atoms with Gasteiger partial charge in [-0.25, -0.2) is 4.98 Å². The van der Waals surface area contributed by atoms with Crippen molar-refractivity contribution in [1.29, 1.82) is 0 Å². The molecule has 26 heavy (non-hydrogen) atoms. The molecule has 138 valence electrons. The molecule has 8 nitrogen and oxygen atoms in total. The molecule has 0 aliphatic heterocycles. The SMILES string of the molecule is CC[C@H](C)N(CC(=O)Nc1ncc(C)s1)C(=O)c1cccc([N+](=O)[O-])c1. The van der Waals surface area contributed by atoms with Gasteiger partial charge >= 0.3 is 0 Å². The number of nitro benzene ring substituents is 1. The Morgan fingerprint density at radius 2 is 2.15 bits per heavy atom. The third-order valence-electron chi connectivity index (χ3n) is 3.87. The van der Waals surface area contributed by atoms with Crippen molar-refractivity contribution in [2.45, 2.75) is 33.2 Å². The third-order valence-corrected chi connectivity index (χ3v) is 4.70. The van der Waals surface area contributed by atoms with Crippen LogP contribution in [0.3, 0.4) is 0 Å². The third kappa shape index (κ3) is 4.85. The van der Waals surface area contributed by atoms with Crippen LogP contribution in [-0.2, 0) is 4.79 Å². The van der Waals surface area contributed by atoms with Crippen molar-refractivity contribution in [2.75, 3.05) is 11.9 Å². The molecule has 0 bridgehead atoms. The first-order chi connectivity index (χ1) is 12.3. The maximum Gasteiger partial charge on any atom is 0.270 e. The Labute approximate surface area is 155 Å².